The van der Waals surface area contributed by atoms with Crippen molar-refractivity contribution in [2.45, 2.75) is 32.1 Å². The fourth-order valence-electron chi connectivity index (χ4n) is 3.35. The molecule has 0 atom stereocenters. The number of carboxylic acid groups (broad SMARTS) is 1. The lowest BCUT2D eigenvalue weighted by molar-refractivity contribution is -0.125. The van der Waals surface area contributed by atoms with Crippen LogP contribution in [0.4, 0.5) is 5.69 Å². The SMILES string of the molecule is O=C(O)c1ccc(Cl)cc1N1C(=O)CC2(CCCC2)C1=O. The Morgan fingerprint density at radius 3 is 2.52 bits per heavy atom. The van der Waals surface area contributed by atoms with Gasteiger partial charge in [-0.1, -0.05) is 24.4 Å². The number of carbonyl (C=O) groups is 3. The summed E-state index contributed by atoms with van der Waals surface area (Å²) in [5.41, 5.74) is -0.639. The van der Waals surface area contributed by atoms with Gasteiger partial charge in [-0.05, 0) is 31.0 Å². The van der Waals surface area contributed by atoms with Crippen LogP contribution < -0.4 is 4.90 Å². The first-order valence-corrected chi connectivity index (χ1v) is 7.23. The summed E-state index contributed by atoms with van der Waals surface area (Å²) in [5.74, 6) is -1.81. The van der Waals surface area contributed by atoms with E-state index in [9.17, 15) is 19.5 Å². The van der Waals surface area contributed by atoms with Crippen LogP contribution in [-0.2, 0) is 9.59 Å². The molecule has 1 aliphatic heterocycles. The molecule has 1 aliphatic carbocycles. The van der Waals surface area contributed by atoms with Crippen LogP contribution in [0.25, 0.3) is 0 Å². The zero-order valence-corrected chi connectivity index (χ0v) is 12.0. The molecule has 1 spiro atoms. The van der Waals surface area contributed by atoms with Gasteiger partial charge in [0.15, 0.2) is 0 Å². The predicted octanol–water partition coefficient (Wildman–Crippen LogP) is 2.86. The van der Waals surface area contributed by atoms with Crippen molar-refractivity contribution < 1.29 is 19.5 Å². The Balaban J connectivity index is 2.08. The number of hydrogen-bond donors (Lipinski definition) is 1. The van der Waals surface area contributed by atoms with E-state index in [1.165, 1.54) is 18.2 Å². The van der Waals surface area contributed by atoms with E-state index in [0.717, 1.165) is 17.7 Å². The van der Waals surface area contributed by atoms with E-state index in [4.69, 9.17) is 11.6 Å². The Labute approximate surface area is 126 Å². The number of benzene rings is 1. The highest BCUT2D eigenvalue weighted by molar-refractivity contribution is 6.32. The molecule has 1 N–H and O–H groups in total. The van der Waals surface area contributed by atoms with Crippen molar-refractivity contribution in [3.63, 3.8) is 0 Å². The van der Waals surface area contributed by atoms with Gasteiger partial charge in [-0.3, -0.25) is 9.59 Å². The number of imide groups is 1. The lowest BCUT2D eigenvalue weighted by Gasteiger charge is -2.22. The molecule has 5 nitrogen and oxygen atoms in total. The maximum atomic E-state index is 12.7. The maximum Gasteiger partial charge on any atom is 0.337 e. The molecule has 0 bridgehead atoms. The lowest BCUT2D eigenvalue weighted by Crippen LogP contribution is -2.35. The van der Waals surface area contributed by atoms with Crippen molar-refractivity contribution in [3.05, 3.63) is 28.8 Å². The van der Waals surface area contributed by atoms with Gasteiger partial charge in [0.1, 0.15) is 0 Å². The largest absolute Gasteiger partial charge is 0.478 e. The summed E-state index contributed by atoms with van der Waals surface area (Å²) in [6.07, 6.45) is 3.40. The number of carbonyl (C=O) groups excluding carboxylic acids is 2. The smallest absolute Gasteiger partial charge is 0.337 e. The highest BCUT2D eigenvalue weighted by Crippen LogP contribution is 2.48. The first kappa shape index (κ1) is 14.1. The minimum atomic E-state index is -1.19. The normalized spacial score (nSPS) is 20.5. The molecule has 0 unspecified atom stereocenters. The molecule has 0 radical (unpaired) electrons. The summed E-state index contributed by atoms with van der Waals surface area (Å²) in [6, 6.07) is 4.12. The van der Waals surface area contributed by atoms with E-state index in [0.29, 0.717) is 17.9 Å². The van der Waals surface area contributed by atoms with Gasteiger partial charge in [0.2, 0.25) is 11.8 Å². The van der Waals surface area contributed by atoms with Crippen molar-refractivity contribution in [3.8, 4) is 0 Å². The zero-order chi connectivity index (χ0) is 15.2. The van der Waals surface area contributed by atoms with Gasteiger partial charge in [0, 0.05) is 11.4 Å². The first-order chi connectivity index (χ1) is 9.94. The van der Waals surface area contributed by atoms with Crippen molar-refractivity contribution in [1.29, 1.82) is 0 Å². The Hall–Kier alpha value is -1.88. The minimum absolute atomic E-state index is 0.0776. The third-order valence-electron chi connectivity index (χ3n) is 4.39. The molecule has 110 valence electrons. The Morgan fingerprint density at radius 2 is 1.90 bits per heavy atom. The molecule has 1 saturated carbocycles. The molecule has 3 rings (SSSR count). The molecular weight excluding hydrogens is 294 g/mol. The van der Waals surface area contributed by atoms with Gasteiger partial charge < -0.3 is 5.11 Å². The summed E-state index contributed by atoms with van der Waals surface area (Å²) >= 11 is 5.90. The highest BCUT2D eigenvalue weighted by Gasteiger charge is 2.53. The summed E-state index contributed by atoms with van der Waals surface area (Å²) in [5, 5.41) is 9.55. The number of anilines is 1. The molecular formula is C15H14ClNO4. The van der Waals surface area contributed by atoms with Crippen LogP contribution in [0, 0.1) is 5.41 Å². The molecule has 2 aliphatic rings. The number of rotatable bonds is 2. The highest BCUT2D eigenvalue weighted by atomic mass is 35.5. The van der Waals surface area contributed by atoms with Crippen molar-refractivity contribution in [2.24, 2.45) is 5.41 Å². The van der Waals surface area contributed by atoms with Crippen LogP contribution in [0.5, 0.6) is 0 Å². The molecule has 1 saturated heterocycles. The van der Waals surface area contributed by atoms with Crippen LogP contribution in [0.1, 0.15) is 42.5 Å². The third kappa shape index (κ3) is 2.12. The topological polar surface area (TPSA) is 74.7 Å². The minimum Gasteiger partial charge on any atom is -0.478 e. The summed E-state index contributed by atoms with van der Waals surface area (Å²) in [7, 11) is 0. The average Bonchev–Trinajstić information content (AvgIpc) is 2.96. The van der Waals surface area contributed by atoms with Crippen LogP contribution in [-0.4, -0.2) is 22.9 Å². The Morgan fingerprint density at radius 1 is 1.24 bits per heavy atom. The molecule has 0 aromatic heterocycles. The lowest BCUT2D eigenvalue weighted by atomic mass is 9.84. The average molecular weight is 308 g/mol. The first-order valence-electron chi connectivity index (χ1n) is 6.85. The van der Waals surface area contributed by atoms with Gasteiger partial charge >= 0.3 is 5.97 Å². The second-order valence-electron chi connectivity index (χ2n) is 5.67. The molecule has 2 fully saturated rings. The van der Waals surface area contributed by atoms with Crippen LogP contribution in [0.15, 0.2) is 18.2 Å². The second-order valence-corrected chi connectivity index (χ2v) is 6.10. The van der Waals surface area contributed by atoms with Gasteiger partial charge in [-0.25, -0.2) is 9.69 Å². The molecule has 1 aromatic carbocycles. The predicted molar refractivity (Wildman–Crippen MR) is 76.4 cm³/mol. The van der Waals surface area contributed by atoms with Gasteiger partial charge in [-0.2, -0.15) is 0 Å². The summed E-state index contributed by atoms with van der Waals surface area (Å²) in [6.45, 7) is 0. The number of nitrogens with zero attached hydrogens (tertiary/aromatic N) is 1. The summed E-state index contributed by atoms with van der Waals surface area (Å²) in [4.78, 5) is 37.3. The van der Waals surface area contributed by atoms with Gasteiger partial charge in [-0.15, -0.1) is 0 Å². The van der Waals surface area contributed by atoms with E-state index in [1.807, 2.05) is 0 Å². The molecule has 1 heterocycles. The quantitative estimate of drug-likeness (QED) is 0.853. The molecule has 21 heavy (non-hydrogen) atoms. The van der Waals surface area contributed by atoms with Crippen LogP contribution >= 0.6 is 11.6 Å². The second kappa shape index (κ2) is 4.84. The molecule has 2 amide bonds. The number of hydrogen-bond acceptors (Lipinski definition) is 3. The van der Waals surface area contributed by atoms with Crippen molar-refractivity contribution in [2.75, 3.05) is 4.90 Å². The third-order valence-corrected chi connectivity index (χ3v) is 4.62. The summed E-state index contributed by atoms with van der Waals surface area (Å²) < 4.78 is 0. The van der Waals surface area contributed by atoms with E-state index < -0.39 is 11.4 Å². The monoisotopic (exact) mass is 307 g/mol. The number of aromatic carboxylic acids is 1. The van der Waals surface area contributed by atoms with Crippen LogP contribution in [0.3, 0.4) is 0 Å². The standard InChI is InChI=1S/C15H14ClNO4/c16-9-3-4-10(13(19)20)11(7-9)17-12(18)8-15(14(17)21)5-1-2-6-15/h3-4,7H,1-2,5-6,8H2,(H,19,20). The Kier molecular flexibility index (Phi) is 3.24. The fraction of sp³-hybridized carbons (Fsp3) is 0.400. The van der Waals surface area contributed by atoms with Crippen LogP contribution in [0.2, 0.25) is 5.02 Å². The van der Waals surface area contributed by atoms with Crippen molar-refractivity contribution >= 4 is 35.1 Å². The number of amides is 2. The van der Waals surface area contributed by atoms with Gasteiger partial charge in [0.05, 0.1) is 16.7 Å². The molecule has 6 heteroatoms. The Bertz CT molecular complexity index is 649. The number of carboxylic acids is 1. The fourth-order valence-corrected chi connectivity index (χ4v) is 3.52. The zero-order valence-electron chi connectivity index (χ0n) is 11.3. The van der Waals surface area contributed by atoms with Crippen molar-refractivity contribution in [1.82, 2.24) is 0 Å². The maximum absolute atomic E-state index is 12.7. The number of halogens is 1. The van der Waals surface area contributed by atoms with E-state index in [2.05, 4.69) is 0 Å². The molecule has 1 aromatic rings. The van der Waals surface area contributed by atoms with Gasteiger partial charge in [0.25, 0.3) is 0 Å². The van der Waals surface area contributed by atoms with E-state index in [-0.39, 0.29) is 29.5 Å². The van der Waals surface area contributed by atoms with E-state index >= 15 is 0 Å². The van der Waals surface area contributed by atoms with E-state index in [1.54, 1.807) is 0 Å².